The van der Waals surface area contributed by atoms with Crippen LogP contribution >= 0.6 is 11.8 Å². The Kier molecular flexibility index (Phi) is 4.48. The van der Waals surface area contributed by atoms with Gasteiger partial charge in [0.25, 0.3) is 11.6 Å². The van der Waals surface area contributed by atoms with Crippen molar-refractivity contribution >= 4 is 35.0 Å². The highest BCUT2D eigenvalue weighted by Crippen LogP contribution is 2.31. The van der Waals surface area contributed by atoms with Crippen molar-refractivity contribution in [3.05, 3.63) is 63.7 Å². The number of amides is 2. The Bertz CT molecular complexity index is 821. The number of hydrogen-bond donors (Lipinski definition) is 2. The van der Waals surface area contributed by atoms with Crippen molar-refractivity contribution in [1.82, 2.24) is 5.32 Å². The molecule has 0 aromatic heterocycles. The van der Waals surface area contributed by atoms with Gasteiger partial charge in [-0.25, -0.2) is 0 Å². The maximum Gasteiger partial charge on any atom is 0.269 e. The first-order valence-electron chi connectivity index (χ1n) is 7.11. The lowest BCUT2D eigenvalue weighted by atomic mass is 10.1. The molecule has 0 atom stereocenters. The van der Waals surface area contributed by atoms with E-state index in [2.05, 4.69) is 10.6 Å². The summed E-state index contributed by atoms with van der Waals surface area (Å²) in [7, 11) is 0. The molecule has 0 fully saturated rings. The van der Waals surface area contributed by atoms with Crippen LogP contribution in [0.25, 0.3) is 0 Å². The van der Waals surface area contributed by atoms with E-state index in [1.807, 2.05) is 0 Å². The molecule has 2 N–H and O–H groups in total. The summed E-state index contributed by atoms with van der Waals surface area (Å²) >= 11 is 1.43. The number of hydrogen-bond acceptors (Lipinski definition) is 5. The van der Waals surface area contributed by atoms with Crippen molar-refractivity contribution in [2.24, 2.45) is 0 Å². The maximum atomic E-state index is 12.2. The number of benzene rings is 2. The van der Waals surface area contributed by atoms with Crippen molar-refractivity contribution in [1.29, 1.82) is 0 Å². The van der Waals surface area contributed by atoms with Gasteiger partial charge in [-0.1, -0.05) is 12.1 Å². The van der Waals surface area contributed by atoms with Crippen LogP contribution in [0.4, 0.5) is 11.4 Å². The average molecular weight is 343 g/mol. The fourth-order valence-corrected chi connectivity index (χ4v) is 3.03. The summed E-state index contributed by atoms with van der Waals surface area (Å²) in [6.07, 6.45) is 0. The third kappa shape index (κ3) is 3.54. The predicted octanol–water partition coefficient (Wildman–Crippen LogP) is 2.57. The highest BCUT2D eigenvalue weighted by Gasteiger charge is 2.17. The lowest BCUT2D eigenvalue weighted by Gasteiger charge is -2.17. The van der Waals surface area contributed by atoms with Crippen LogP contribution in [0.15, 0.2) is 47.4 Å². The molecule has 0 unspecified atom stereocenters. The lowest BCUT2D eigenvalue weighted by molar-refractivity contribution is -0.384. The normalized spacial score (nSPS) is 12.9. The highest BCUT2D eigenvalue weighted by atomic mass is 32.2. The molecule has 0 radical (unpaired) electrons. The third-order valence-electron chi connectivity index (χ3n) is 3.47. The van der Waals surface area contributed by atoms with Crippen LogP contribution in [0.3, 0.4) is 0 Å². The van der Waals surface area contributed by atoms with Crippen LogP contribution in [0, 0.1) is 10.1 Å². The summed E-state index contributed by atoms with van der Waals surface area (Å²) in [5, 5.41) is 16.1. The summed E-state index contributed by atoms with van der Waals surface area (Å²) in [4.78, 5) is 34.7. The molecule has 0 bridgehead atoms. The Morgan fingerprint density at radius 1 is 1.25 bits per heavy atom. The number of nitro groups is 1. The Balaban J connectivity index is 1.66. The molecule has 24 heavy (non-hydrogen) atoms. The molecule has 0 saturated carbocycles. The van der Waals surface area contributed by atoms with E-state index in [1.54, 1.807) is 30.3 Å². The number of anilines is 1. The predicted molar refractivity (Wildman–Crippen MR) is 90.1 cm³/mol. The zero-order valence-corrected chi connectivity index (χ0v) is 13.3. The Hall–Kier alpha value is -2.87. The zero-order chi connectivity index (χ0) is 17.1. The average Bonchev–Trinajstić information content (AvgIpc) is 2.59. The quantitative estimate of drug-likeness (QED) is 0.656. The number of carbonyl (C=O) groups excluding carboxylic acids is 2. The fraction of sp³-hybridized carbons (Fsp3) is 0.125. The van der Waals surface area contributed by atoms with Crippen molar-refractivity contribution < 1.29 is 14.5 Å². The first-order valence-corrected chi connectivity index (χ1v) is 8.10. The van der Waals surface area contributed by atoms with E-state index < -0.39 is 4.92 Å². The Labute approximate surface area is 141 Å². The van der Waals surface area contributed by atoms with Crippen LogP contribution in [-0.2, 0) is 11.3 Å². The summed E-state index contributed by atoms with van der Waals surface area (Å²) in [5.74, 6) is 0.00973. The molecule has 8 heteroatoms. The molecule has 1 heterocycles. The van der Waals surface area contributed by atoms with Gasteiger partial charge in [0.2, 0.25) is 5.91 Å². The molecule has 0 saturated heterocycles. The summed E-state index contributed by atoms with van der Waals surface area (Å²) in [6.45, 7) is 0.259. The van der Waals surface area contributed by atoms with Gasteiger partial charge in [-0.15, -0.1) is 11.8 Å². The number of non-ortho nitro benzene ring substituents is 1. The molecular weight excluding hydrogens is 330 g/mol. The van der Waals surface area contributed by atoms with Crippen molar-refractivity contribution in [3.8, 4) is 0 Å². The molecule has 3 rings (SSSR count). The lowest BCUT2D eigenvalue weighted by Crippen LogP contribution is -2.24. The minimum absolute atomic E-state index is 0.00741. The maximum absolute atomic E-state index is 12.2. The van der Waals surface area contributed by atoms with E-state index in [1.165, 1.54) is 23.9 Å². The molecule has 122 valence electrons. The SMILES string of the molecule is O=C1CSc2ccc(C(=O)NCc3ccc([N+](=O)[O-])cc3)cc2N1. The smallest absolute Gasteiger partial charge is 0.269 e. The van der Waals surface area contributed by atoms with Crippen LogP contribution in [-0.4, -0.2) is 22.5 Å². The van der Waals surface area contributed by atoms with Crippen molar-refractivity contribution in [2.45, 2.75) is 11.4 Å². The second-order valence-electron chi connectivity index (χ2n) is 5.15. The van der Waals surface area contributed by atoms with E-state index in [0.717, 1.165) is 10.5 Å². The van der Waals surface area contributed by atoms with Crippen molar-refractivity contribution in [3.63, 3.8) is 0 Å². The minimum Gasteiger partial charge on any atom is -0.348 e. The summed E-state index contributed by atoms with van der Waals surface area (Å²) in [6, 6.07) is 11.1. The van der Waals surface area contributed by atoms with E-state index in [4.69, 9.17) is 0 Å². The van der Waals surface area contributed by atoms with Crippen LogP contribution in [0.2, 0.25) is 0 Å². The number of thioether (sulfide) groups is 1. The second-order valence-corrected chi connectivity index (χ2v) is 6.17. The van der Waals surface area contributed by atoms with Gasteiger partial charge in [0.05, 0.1) is 16.4 Å². The van der Waals surface area contributed by atoms with Gasteiger partial charge in [0, 0.05) is 29.1 Å². The van der Waals surface area contributed by atoms with Crippen LogP contribution in [0.1, 0.15) is 15.9 Å². The van der Waals surface area contributed by atoms with E-state index in [-0.39, 0.29) is 24.0 Å². The highest BCUT2D eigenvalue weighted by molar-refractivity contribution is 8.00. The van der Waals surface area contributed by atoms with Crippen LogP contribution < -0.4 is 10.6 Å². The topological polar surface area (TPSA) is 101 Å². The standard InChI is InChI=1S/C16H13N3O4S/c20-15-9-24-14-6-3-11(7-13(14)18-15)16(21)17-8-10-1-4-12(5-2-10)19(22)23/h1-7H,8-9H2,(H,17,21)(H,18,20). The van der Waals surface area contributed by atoms with Gasteiger partial charge in [0.1, 0.15) is 0 Å². The first kappa shape index (κ1) is 16.0. The summed E-state index contributed by atoms with van der Waals surface area (Å²) in [5.41, 5.74) is 1.85. The van der Waals surface area contributed by atoms with Gasteiger partial charge in [0.15, 0.2) is 0 Å². The largest absolute Gasteiger partial charge is 0.348 e. The van der Waals surface area contributed by atoms with Gasteiger partial charge in [-0.3, -0.25) is 19.7 Å². The number of carbonyl (C=O) groups is 2. The number of fused-ring (bicyclic) bond motifs is 1. The van der Waals surface area contributed by atoms with Gasteiger partial charge < -0.3 is 10.6 Å². The Morgan fingerprint density at radius 3 is 2.71 bits per heavy atom. The summed E-state index contributed by atoms with van der Waals surface area (Å²) < 4.78 is 0. The number of nitro benzene ring substituents is 1. The zero-order valence-electron chi connectivity index (χ0n) is 12.4. The van der Waals surface area contributed by atoms with E-state index in [9.17, 15) is 19.7 Å². The van der Waals surface area contributed by atoms with Gasteiger partial charge in [-0.05, 0) is 23.8 Å². The van der Waals surface area contributed by atoms with E-state index >= 15 is 0 Å². The number of nitrogens with zero attached hydrogens (tertiary/aromatic N) is 1. The molecule has 7 nitrogen and oxygen atoms in total. The number of rotatable bonds is 4. The third-order valence-corrected chi connectivity index (χ3v) is 4.55. The molecule has 2 aromatic carbocycles. The monoisotopic (exact) mass is 343 g/mol. The number of nitrogens with one attached hydrogen (secondary N) is 2. The Morgan fingerprint density at radius 2 is 2.00 bits per heavy atom. The molecular formula is C16H13N3O4S. The van der Waals surface area contributed by atoms with Gasteiger partial charge in [-0.2, -0.15) is 0 Å². The molecule has 0 aliphatic carbocycles. The molecule has 2 amide bonds. The first-order chi connectivity index (χ1) is 11.5. The molecule has 2 aromatic rings. The second kappa shape index (κ2) is 6.71. The van der Waals surface area contributed by atoms with Crippen molar-refractivity contribution in [2.75, 3.05) is 11.1 Å². The molecule has 0 spiro atoms. The van der Waals surface area contributed by atoms with Crippen LogP contribution in [0.5, 0.6) is 0 Å². The fourth-order valence-electron chi connectivity index (χ4n) is 2.24. The van der Waals surface area contributed by atoms with E-state index in [0.29, 0.717) is 17.0 Å². The van der Waals surface area contributed by atoms with Gasteiger partial charge >= 0.3 is 0 Å². The minimum atomic E-state index is -0.470. The molecule has 1 aliphatic heterocycles. The molecule has 1 aliphatic rings.